The van der Waals surface area contributed by atoms with E-state index < -0.39 is 5.60 Å². The summed E-state index contributed by atoms with van der Waals surface area (Å²) in [5.74, 6) is 1.83. The van der Waals surface area contributed by atoms with E-state index in [2.05, 4.69) is 37.6 Å². The van der Waals surface area contributed by atoms with Crippen molar-refractivity contribution in [2.24, 2.45) is 0 Å². The fraction of sp³-hybridized carbons (Fsp3) is 0.250. The highest BCUT2D eigenvalue weighted by Gasteiger charge is 2.17. The van der Waals surface area contributed by atoms with Crippen LogP contribution in [0.1, 0.15) is 26.3 Å². The number of rotatable bonds is 9. The molecule has 0 fully saturated rings. The van der Waals surface area contributed by atoms with E-state index in [1.54, 1.807) is 30.8 Å². The van der Waals surface area contributed by atoms with Crippen LogP contribution in [0.2, 0.25) is 0 Å². The highest BCUT2D eigenvalue weighted by atomic mass is 16.3. The normalized spacial score (nSPS) is 11.5. The molecule has 0 aliphatic carbocycles. The summed E-state index contributed by atoms with van der Waals surface area (Å²) in [5, 5.41) is 24.5. The van der Waals surface area contributed by atoms with Gasteiger partial charge in [0.15, 0.2) is 5.82 Å². The summed E-state index contributed by atoms with van der Waals surface area (Å²) >= 11 is 0. The number of hydrogen-bond donors (Lipinski definition) is 4. The zero-order valence-electron chi connectivity index (χ0n) is 19.0. The minimum atomic E-state index is -0.803. The van der Waals surface area contributed by atoms with E-state index in [1.807, 2.05) is 49.5 Å². The molecule has 0 atom stereocenters. The van der Waals surface area contributed by atoms with E-state index in [4.69, 9.17) is 4.98 Å². The summed E-state index contributed by atoms with van der Waals surface area (Å²) in [6.07, 6.45) is 5.34. The standard InChI is InChI=1S/C24H28N8O/c1-16(2)28-20-13-18(8-11-27-20)29-23-21-17(14-25-15-24(3,4)33)9-12-32(21)31-22(30-23)19-7-5-6-10-26-19/h5-13,25,33H,1,14-15H2,2-4H3,(H2,27,28,29,30,31). The van der Waals surface area contributed by atoms with Gasteiger partial charge in [0.05, 0.1) is 5.60 Å². The van der Waals surface area contributed by atoms with Crippen LogP contribution in [-0.2, 0) is 6.54 Å². The lowest BCUT2D eigenvalue weighted by atomic mass is 10.1. The number of allylic oxidation sites excluding steroid dienone is 1. The Morgan fingerprint density at radius 2 is 2.00 bits per heavy atom. The number of aliphatic hydroxyl groups is 1. The maximum Gasteiger partial charge on any atom is 0.200 e. The Bertz CT molecular complexity index is 1260. The van der Waals surface area contributed by atoms with E-state index >= 15 is 0 Å². The molecule has 4 heterocycles. The molecular formula is C24H28N8O. The summed E-state index contributed by atoms with van der Waals surface area (Å²) in [4.78, 5) is 13.5. The molecule has 170 valence electrons. The van der Waals surface area contributed by atoms with Crippen LogP contribution >= 0.6 is 0 Å². The van der Waals surface area contributed by atoms with Crippen molar-refractivity contribution in [3.05, 3.63) is 72.8 Å². The van der Waals surface area contributed by atoms with Crippen LogP contribution in [0, 0.1) is 0 Å². The monoisotopic (exact) mass is 444 g/mol. The van der Waals surface area contributed by atoms with Crippen LogP contribution in [-0.4, -0.2) is 41.8 Å². The van der Waals surface area contributed by atoms with Crippen molar-refractivity contribution in [1.29, 1.82) is 0 Å². The minimum Gasteiger partial charge on any atom is -0.389 e. The van der Waals surface area contributed by atoms with E-state index in [0.717, 1.165) is 22.5 Å². The number of nitrogens with one attached hydrogen (secondary N) is 3. The van der Waals surface area contributed by atoms with Gasteiger partial charge in [0, 0.05) is 49.1 Å². The Morgan fingerprint density at radius 1 is 1.15 bits per heavy atom. The molecule has 0 spiro atoms. The van der Waals surface area contributed by atoms with Crippen LogP contribution in [0.15, 0.2) is 67.3 Å². The molecule has 0 unspecified atom stereocenters. The lowest BCUT2D eigenvalue weighted by Gasteiger charge is -2.17. The molecule has 0 saturated carbocycles. The van der Waals surface area contributed by atoms with Gasteiger partial charge in [-0.15, -0.1) is 5.10 Å². The third kappa shape index (κ3) is 5.71. The summed E-state index contributed by atoms with van der Waals surface area (Å²) < 4.78 is 1.80. The molecule has 0 amide bonds. The number of anilines is 3. The second kappa shape index (κ2) is 9.35. The molecule has 0 aromatic carbocycles. The molecule has 9 heteroatoms. The van der Waals surface area contributed by atoms with Crippen LogP contribution in [0.5, 0.6) is 0 Å². The van der Waals surface area contributed by atoms with Gasteiger partial charge in [0.25, 0.3) is 0 Å². The number of nitrogens with zero attached hydrogens (tertiary/aromatic N) is 5. The van der Waals surface area contributed by atoms with Crippen molar-refractivity contribution in [3.63, 3.8) is 0 Å². The zero-order chi connectivity index (χ0) is 23.4. The summed E-state index contributed by atoms with van der Waals surface area (Å²) in [6.45, 7) is 10.3. The fourth-order valence-corrected chi connectivity index (χ4v) is 3.36. The van der Waals surface area contributed by atoms with Crippen molar-refractivity contribution in [2.45, 2.75) is 32.9 Å². The molecule has 0 radical (unpaired) electrons. The lowest BCUT2D eigenvalue weighted by molar-refractivity contribution is 0.0795. The first-order chi connectivity index (χ1) is 15.8. The highest BCUT2D eigenvalue weighted by molar-refractivity contribution is 5.78. The lowest BCUT2D eigenvalue weighted by Crippen LogP contribution is -2.34. The zero-order valence-corrected chi connectivity index (χ0v) is 19.0. The van der Waals surface area contributed by atoms with E-state index in [0.29, 0.717) is 36.2 Å². The Hall–Kier alpha value is -3.82. The van der Waals surface area contributed by atoms with Crippen LogP contribution in [0.4, 0.5) is 17.3 Å². The van der Waals surface area contributed by atoms with Gasteiger partial charge < -0.3 is 21.1 Å². The first kappa shape index (κ1) is 22.4. The maximum absolute atomic E-state index is 10.0. The average molecular weight is 445 g/mol. The molecule has 4 N–H and O–H groups in total. The van der Waals surface area contributed by atoms with Gasteiger partial charge >= 0.3 is 0 Å². The maximum atomic E-state index is 10.0. The topological polar surface area (TPSA) is 112 Å². The Balaban J connectivity index is 1.74. The number of aromatic nitrogens is 5. The summed E-state index contributed by atoms with van der Waals surface area (Å²) in [5.41, 5.74) is 3.33. The first-order valence-corrected chi connectivity index (χ1v) is 10.7. The van der Waals surface area contributed by atoms with Crippen LogP contribution in [0.25, 0.3) is 17.0 Å². The molecule has 0 aliphatic heterocycles. The molecule has 4 aromatic rings. The quantitative estimate of drug-likeness (QED) is 0.309. The molecular weight excluding hydrogens is 416 g/mol. The summed E-state index contributed by atoms with van der Waals surface area (Å²) in [6, 6.07) is 11.4. The molecule has 0 aliphatic rings. The third-order valence-corrected chi connectivity index (χ3v) is 4.73. The Morgan fingerprint density at radius 3 is 2.73 bits per heavy atom. The fourth-order valence-electron chi connectivity index (χ4n) is 3.36. The Labute approximate surface area is 192 Å². The van der Waals surface area contributed by atoms with Crippen molar-refractivity contribution in [2.75, 3.05) is 17.2 Å². The summed E-state index contributed by atoms with van der Waals surface area (Å²) in [7, 11) is 0. The number of hydrogen-bond acceptors (Lipinski definition) is 8. The second-order valence-electron chi connectivity index (χ2n) is 8.51. The van der Waals surface area contributed by atoms with E-state index in [1.165, 1.54) is 0 Å². The van der Waals surface area contributed by atoms with Crippen molar-refractivity contribution in [3.8, 4) is 11.5 Å². The molecule has 4 rings (SSSR count). The van der Waals surface area contributed by atoms with Gasteiger partial charge in [-0.2, -0.15) is 0 Å². The van der Waals surface area contributed by atoms with E-state index in [-0.39, 0.29) is 0 Å². The predicted octanol–water partition coefficient (Wildman–Crippen LogP) is 3.74. The van der Waals surface area contributed by atoms with Crippen LogP contribution in [0.3, 0.4) is 0 Å². The predicted molar refractivity (Wildman–Crippen MR) is 130 cm³/mol. The molecule has 33 heavy (non-hydrogen) atoms. The average Bonchev–Trinajstić information content (AvgIpc) is 3.16. The van der Waals surface area contributed by atoms with Gasteiger partial charge in [-0.3, -0.25) is 4.98 Å². The molecule has 4 aromatic heterocycles. The van der Waals surface area contributed by atoms with Crippen LogP contribution < -0.4 is 16.0 Å². The van der Waals surface area contributed by atoms with Gasteiger partial charge in [-0.05, 0) is 50.6 Å². The molecule has 9 nitrogen and oxygen atoms in total. The number of pyridine rings is 2. The molecule has 0 saturated heterocycles. The van der Waals surface area contributed by atoms with E-state index in [9.17, 15) is 5.11 Å². The van der Waals surface area contributed by atoms with Gasteiger partial charge in [-0.25, -0.2) is 14.5 Å². The first-order valence-electron chi connectivity index (χ1n) is 10.7. The smallest absolute Gasteiger partial charge is 0.200 e. The van der Waals surface area contributed by atoms with Gasteiger partial charge in [-0.1, -0.05) is 12.6 Å². The van der Waals surface area contributed by atoms with Crippen molar-refractivity contribution < 1.29 is 5.11 Å². The van der Waals surface area contributed by atoms with Gasteiger partial charge in [0.1, 0.15) is 17.0 Å². The highest BCUT2D eigenvalue weighted by Crippen LogP contribution is 2.27. The second-order valence-corrected chi connectivity index (χ2v) is 8.51. The molecule has 0 bridgehead atoms. The SMILES string of the molecule is C=C(C)Nc1cc(Nc2nc(-c3ccccn3)nn3ccc(CNCC(C)(C)O)c23)ccn1. The largest absolute Gasteiger partial charge is 0.389 e. The third-order valence-electron chi connectivity index (χ3n) is 4.73. The number of fused-ring (bicyclic) bond motifs is 1. The Kier molecular flexibility index (Phi) is 6.34. The van der Waals surface area contributed by atoms with Crippen molar-refractivity contribution >= 4 is 22.8 Å². The van der Waals surface area contributed by atoms with Crippen molar-refractivity contribution in [1.82, 2.24) is 29.9 Å². The van der Waals surface area contributed by atoms with Gasteiger partial charge in [0.2, 0.25) is 5.82 Å². The minimum absolute atomic E-state index is 0.459.